The summed E-state index contributed by atoms with van der Waals surface area (Å²) in [6, 6.07) is 0. The van der Waals surface area contributed by atoms with Gasteiger partial charge in [0.1, 0.15) is 0 Å². The highest BCUT2D eigenvalue weighted by molar-refractivity contribution is 5.34. The molecule has 1 heteroatoms. The summed E-state index contributed by atoms with van der Waals surface area (Å²) >= 11 is 0. The first-order valence-electron chi connectivity index (χ1n) is 8.58. The highest BCUT2D eigenvalue weighted by Gasteiger charge is 2.23. The lowest BCUT2D eigenvalue weighted by Gasteiger charge is -2.30. The number of hydrogen-bond donors (Lipinski definition) is 1. The zero-order chi connectivity index (χ0) is 17.3. The molecule has 23 heavy (non-hydrogen) atoms. The first kappa shape index (κ1) is 19.4. The summed E-state index contributed by atoms with van der Waals surface area (Å²) in [5.74, 6) is 0. The van der Waals surface area contributed by atoms with Crippen LogP contribution in [0.2, 0.25) is 0 Å². The van der Waals surface area contributed by atoms with Crippen LogP contribution in [0.3, 0.4) is 0 Å². The van der Waals surface area contributed by atoms with Crippen molar-refractivity contribution < 1.29 is 5.11 Å². The van der Waals surface area contributed by atoms with E-state index in [1.165, 1.54) is 30.4 Å². The van der Waals surface area contributed by atoms with Gasteiger partial charge in [-0.05, 0) is 51.0 Å². The molecule has 0 radical (unpaired) electrons. The summed E-state index contributed by atoms with van der Waals surface area (Å²) in [5, 5.41) is 9.16. The molecule has 1 nitrogen and oxygen atoms in total. The van der Waals surface area contributed by atoms with Gasteiger partial charge in [-0.1, -0.05) is 79.7 Å². The van der Waals surface area contributed by atoms with Crippen LogP contribution in [0.15, 0.2) is 71.4 Å². The average molecular weight is 312 g/mol. The molecule has 1 aliphatic rings. The third-order valence-electron chi connectivity index (χ3n) is 4.14. The van der Waals surface area contributed by atoms with Gasteiger partial charge in [-0.25, -0.2) is 0 Å². The van der Waals surface area contributed by atoms with Gasteiger partial charge in [-0.2, -0.15) is 0 Å². The molecule has 0 aromatic heterocycles. The van der Waals surface area contributed by atoms with Crippen LogP contribution in [0.25, 0.3) is 0 Å². The minimum atomic E-state index is -0.395. The molecule has 1 rings (SSSR count). The molecule has 0 saturated heterocycles. The Morgan fingerprint density at radius 1 is 1.13 bits per heavy atom. The highest BCUT2D eigenvalue weighted by atomic mass is 16.3. The molecule has 0 saturated carbocycles. The Labute approximate surface area is 142 Å². The van der Waals surface area contributed by atoms with Gasteiger partial charge in [-0.15, -0.1) is 0 Å². The molecular formula is C22H32O. The first-order valence-corrected chi connectivity index (χ1v) is 8.58. The maximum absolute atomic E-state index is 9.16. The molecule has 0 aliphatic heterocycles. The summed E-state index contributed by atoms with van der Waals surface area (Å²) in [5.41, 5.74) is 4.17. The zero-order valence-corrected chi connectivity index (χ0v) is 15.3. The topological polar surface area (TPSA) is 20.2 Å². The Hall–Kier alpha value is -1.60. The molecule has 1 aliphatic carbocycles. The van der Waals surface area contributed by atoms with E-state index in [4.69, 9.17) is 5.11 Å². The second kappa shape index (κ2) is 9.52. The lowest BCUT2D eigenvalue weighted by Crippen LogP contribution is -2.16. The number of aliphatic hydroxyl groups is 1. The van der Waals surface area contributed by atoms with E-state index in [1.54, 1.807) is 13.0 Å². The van der Waals surface area contributed by atoms with Gasteiger partial charge in [0.05, 0.1) is 6.10 Å². The Morgan fingerprint density at radius 2 is 1.78 bits per heavy atom. The molecule has 0 heterocycles. The van der Waals surface area contributed by atoms with Crippen molar-refractivity contribution in [3.8, 4) is 0 Å². The molecule has 0 fully saturated rings. The van der Waals surface area contributed by atoms with Crippen LogP contribution < -0.4 is 0 Å². The van der Waals surface area contributed by atoms with Gasteiger partial charge in [0, 0.05) is 0 Å². The number of aliphatic hydroxyl groups excluding tert-OH is 1. The third-order valence-corrected chi connectivity index (χ3v) is 4.14. The summed E-state index contributed by atoms with van der Waals surface area (Å²) in [6.45, 7) is 10.6. The Bertz CT molecular complexity index is 549. The van der Waals surface area contributed by atoms with E-state index in [0.29, 0.717) is 5.41 Å². The van der Waals surface area contributed by atoms with Gasteiger partial charge < -0.3 is 5.11 Å². The fourth-order valence-corrected chi connectivity index (χ4v) is 2.57. The number of rotatable bonds is 6. The van der Waals surface area contributed by atoms with Gasteiger partial charge >= 0.3 is 0 Å². The highest BCUT2D eigenvalue weighted by Crippen LogP contribution is 2.37. The molecule has 0 aromatic carbocycles. The average Bonchev–Trinajstić information content (AvgIpc) is 2.45. The molecule has 1 unspecified atom stereocenters. The van der Waals surface area contributed by atoms with Gasteiger partial charge in [0.2, 0.25) is 0 Å². The van der Waals surface area contributed by atoms with E-state index < -0.39 is 6.10 Å². The Morgan fingerprint density at radius 3 is 2.43 bits per heavy atom. The SMILES string of the molecule is CC(/C=C/C=C(C)/C=C/C1=CCCCC1(C)C)=C\C=C\C(C)O. The number of hydrogen-bond acceptors (Lipinski definition) is 1. The smallest absolute Gasteiger partial charge is 0.0695 e. The number of allylic oxidation sites excluding steroid dienone is 11. The van der Waals surface area contributed by atoms with E-state index in [0.717, 1.165) is 5.57 Å². The maximum atomic E-state index is 9.16. The summed E-state index contributed by atoms with van der Waals surface area (Å²) in [6.07, 6.45) is 22.2. The van der Waals surface area contributed by atoms with Crippen LogP contribution in [0, 0.1) is 5.41 Å². The van der Waals surface area contributed by atoms with Crippen molar-refractivity contribution >= 4 is 0 Å². The van der Waals surface area contributed by atoms with Crippen molar-refractivity contribution in [3.63, 3.8) is 0 Å². The van der Waals surface area contributed by atoms with E-state index >= 15 is 0 Å². The monoisotopic (exact) mass is 312 g/mol. The van der Waals surface area contributed by atoms with E-state index in [-0.39, 0.29) is 0 Å². The molecule has 1 N–H and O–H groups in total. The van der Waals surface area contributed by atoms with Crippen molar-refractivity contribution in [1.82, 2.24) is 0 Å². The Balaban J connectivity index is 2.62. The lowest BCUT2D eigenvalue weighted by molar-refractivity contribution is 0.244. The zero-order valence-electron chi connectivity index (χ0n) is 15.3. The van der Waals surface area contributed by atoms with Crippen LogP contribution in [-0.2, 0) is 0 Å². The minimum Gasteiger partial charge on any atom is -0.389 e. The fraction of sp³-hybridized carbons (Fsp3) is 0.455. The minimum absolute atomic E-state index is 0.306. The van der Waals surface area contributed by atoms with Crippen molar-refractivity contribution in [1.29, 1.82) is 0 Å². The molecule has 0 amide bonds. The molecular weight excluding hydrogens is 280 g/mol. The van der Waals surface area contributed by atoms with Gasteiger partial charge in [-0.3, -0.25) is 0 Å². The summed E-state index contributed by atoms with van der Waals surface area (Å²) < 4.78 is 0. The predicted octanol–water partition coefficient (Wildman–Crippen LogP) is 6.06. The summed E-state index contributed by atoms with van der Waals surface area (Å²) in [7, 11) is 0. The van der Waals surface area contributed by atoms with Crippen molar-refractivity contribution in [2.24, 2.45) is 5.41 Å². The Kier molecular flexibility index (Phi) is 8.05. The third kappa shape index (κ3) is 7.99. The molecule has 1 atom stereocenters. The quantitative estimate of drug-likeness (QED) is 0.591. The van der Waals surface area contributed by atoms with Gasteiger partial charge in [0.15, 0.2) is 0 Å². The predicted molar refractivity (Wildman–Crippen MR) is 102 cm³/mol. The van der Waals surface area contributed by atoms with Crippen LogP contribution >= 0.6 is 0 Å². The lowest BCUT2D eigenvalue weighted by atomic mass is 9.75. The summed E-state index contributed by atoms with van der Waals surface area (Å²) in [4.78, 5) is 0. The van der Waals surface area contributed by atoms with Crippen molar-refractivity contribution in [2.45, 2.75) is 60.0 Å². The molecule has 0 spiro atoms. The standard InChI is InChI=1S/C22H32O/c1-18(12-9-13-20(3)23)10-8-11-19(2)15-16-21-14-6-7-17-22(21,4)5/h8-16,20,23H,6-7,17H2,1-5H3/b10-8+,13-9+,16-15+,18-12+,19-11+. The van der Waals surface area contributed by atoms with Crippen molar-refractivity contribution in [3.05, 3.63) is 71.4 Å². The second-order valence-corrected chi connectivity index (χ2v) is 7.07. The molecule has 126 valence electrons. The van der Waals surface area contributed by atoms with Crippen molar-refractivity contribution in [2.75, 3.05) is 0 Å². The maximum Gasteiger partial charge on any atom is 0.0695 e. The second-order valence-electron chi connectivity index (χ2n) is 7.07. The van der Waals surface area contributed by atoms with Crippen LogP contribution in [0.1, 0.15) is 53.9 Å². The molecule has 0 aromatic rings. The van der Waals surface area contributed by atoms with Gasteiger partial charge in [0.25, 0.3) is 0 Å². The van der Waals surface area contributed by atoms with E-state index in [9.17, 15) is 0 Å². The molecule has 0 bridgehead atoms. The van der Waals surface area contributed by atoms with Crippen LogP contribution in [0.4, 0.5) is 0 Å². The van der Waals surface area contributed by atoms with Crippen LogP contribution in [-0.4, -0.2) is 11.2 Å². The largest absolute Gasteiger partial charge is 0.389 e. The normalized spacial score (nSPS) is 21.4. The fourth-order valence-electron chi connectivity index (χ4n) is 2.57. The van der Waals surface area contributed by atoms with E-state index in [1.807, 2.05) is 12.2 Å². The first-order chi connectivity index (χ1) is 10.8. The van der Waals surface area contributed by atoms with Crippen LogP contribution in [0.5, 0.6) is 0 Å². The van der Waals surface area contributed by atoms with E-state index in [2.05, 4.69) is 64.2 Å².